The first-order valence-corrected chi connectivity index (χ1v) is 5.96. The van der Waals surface area contributed by atoms with Crippen molar-refractivity contribution < 1.29 is 18.7 Å². The molecule has 2 aromatic carbocycles. The van der Waals surface area contributed by atoms with E-state index in [1.807, 2.05) is 0 Å². The molecule has 2 aromatic rings. The topological polar surface area (TPSA) is 40.5 Å². The minimum Gasteiger partial charge on any atom is -0.508 e. The van der Waals surface area contributed by atoms with Gasteiger partial charge in [0.1, 0.15) is 5.75 Å². The van der Waals surface area contributed by atoms with E-state index in [2.05, 4.69) is 0 Å². The minimum atomic E-state index is -1.14. The summed E-state index contributed by atoms with van der Waals surface area (Å²) in [4.78, 5) is 13.3. The van der Waals surface area contributed by atoms with Gasteiger partial charge in [0.2, 0.25) is 0 Å². The molecule has 0 aliphatic rings. The third-order valence-corrected chi connectivity index (χ3v) is 2.88. The number of nitrogens with zero attached hydrogens (tertiary/aromatic N) is 1. The molecule has 0 radical (unpaired) electrons. The number of rotatable bonds is 3. The number of carbonyl (C=O) groups is 1. The summed E-state index contributed by atoms with van der Waals surface area (Å²) in [5, 5.41) is 9.17. The van der Waals surface area contributed by atoms with Crippen molar-refractivity contribution in [3.63, 3.8) is 0 Å². The van der Waals surface area contributed by atoms with Crippen molar-refractivity contribution in [2.45, 2.75) is 6.54 Å². The Morgan fingerprint density at radius 1 is 1.15 bits per heavy atom. The summed E-state index contributed by atoms with van der Waals surface area (Å²) in [6, 6.07) is 9.80. The van der Waals surface area contributed by atoms with Gasteiger partial charge in [-0.25, -0.2) is 8.78 Å². The maximum Gasteiger partial charge on any atom is 0.256 e. The van der Waals surface area contributed by atoms with E-state index in [1.165, 1.54) is 36.2 Å². The zero-order chi connectivity index (χ0) is 14.7. The molecular weight excluding hydrogens is 264 g/mol. The van der Waals surface area contributed by atoms with Gasteiger partial charge >= 0.3 is 0 Å². The first-order chi connectivity index (χ1) is 9.49. The molecule has 0 saturated heterocycles. The van der Waals surface area contributed by atoms with Crippen LogP contribution in [0.3, 0.4) is 0 Å². The third kappa shape index (κ3) is 2.93. The fourth-order valence-corrected chi connectivity index (χ4v) is 1.82. The lowest BCUT2D eigenvalue weighted by atomic mass is 10.1. The number of amides is 1. The van der Waals surface area contributed by atoms with Crippen LogP contribution in [0.1, 0.15) is 15.9 Å². The van der Waals surface area contributed by atoms with E-state index in [-0.39, 0.29) is 17.9 Å². The van der Waals surface area contributed by atoms with Crippen LogP contribution >= 0.6 is 0 Å². The lowest BCUT2D eigenvalue weighted by Crippen LogP contribution is -2.27. The normalized spacial score (nSPS) is 10.3. The van der Waals surface area contributed by atoms with Gasteiger partial charge in [0.15, 0.2) is 11.6 Å². The Morgan fingerprint density at radius 3 is 2.45 bits per heavy atom. The summed E-state index contributed by atoms with van der Waals surface area (Å²) in [6.07, 6.45) is 0. The van der Waals surface area contributed by atoms with Crippen LogP contribution in [0, 0.1) is 11.6 Å². The summed E-state index contributed by atoms with van der Waals surface area (Å²) >= 11 is 0. The second kappa shape index (κ2) is 5.69. The molecule has 5 heteroatoms. The smallest absolute Gasteiger partial charge is 0.256 e. The molecule has 0 saturated carbocycles. The Kier molecular flexibility index (Phi) is 3.98. The van der Waals surface area contributed by atoms with Crippen molar-refractivity contribution in [2.75, 3.05) is 7.05 Å². The number of benzene rings is 2. The zero-order valence-electron chi connectivity index (χ0n) is 10.8. The van der Waals surface area contributed by atoms with Crippen LogP contribution in [0.15, 0.2) is 42.5 Å². The molecule has 0 heterocycles. The van der Waals surface area contributed by atoms with E-state index in [9.17, 15) is 18.7 Å². The summed E-state index contributed by atoms with van der Waals surface area (Å²) in [7, 11) is 1.50. The highest BCUT2D eigenvalue weighted by Gasteiger charge is 2.18. The second-order valence-corrected chi connectivity index (χ2v) is 4.43. The Balaban J connectivity index is 2.16. The highest BCUT2D eigenvalue weighted by molar-refractivity contribution is 5.94. The highest BCUT2D eigenvalue weighted by Crippen LogP contribution is 2.16. The number of aromatic hydroxyl groups is 1. The van der Waals surface area contributed by atoms with E-state index in [1.54, 1.807) is 12.1 Å². The van der Waals surface area contributed by atoms with Crippen LogP contribution in [0.4, 0.5) is 8.78 Å². The maximum absolute atomic E-state index is 13.5. The van der Waals surface area contributed by atoms with Gasteiger partial charge in [0.25, 0.3) is 5.91 Å². The number of phenolic OH excluding ortho intramolecular Hbond substituents is 1. The predicted molar refractivity (Wildman–Crippen MR) is 70.3 cm³/mol. The Bertz CT molecular complexity index is 626. The van der Waals surface area contributed by atoms with Crippen LogP contribution in [0.2, 0.25) is 0 Å². The predicted octanol–water partition coefficient (Wildman–Crippen LogP) is 2.94. The fraction of sp³-hybridized carbons (Fsp3) is 0.133. The molecule has 0 fully saturated rings. The third-order valence-electron chi connectivity index (χ3n) is 2.88. The molecule has 1 amide bonds. The zero-order valence-corrected chi connectivity index (χ0v) is 10.8. The number of carbonyl (C=O) groups excluding carboxylic acids is 1. The van der Waals surface area contributed by atoms with Crippen LogP contribution in [0.25, 0.3) is 0 Å². The molecule has 1 N–H and O–H groups in total. The summed E-state index contributed by atoms with van der Waals surface area (Å²) < 4.78 is 26.6. The van der Waals surface area contributed by atoms with E-state index < -0.39 is 17.5 Å². The van der Waals surface area contributed by atoms with Crippen LogP contribution < -0.4 is 0 Å². The molecule has 3 nitrogen and oxygen atoms in total. The second-order valence-electron chi connectivity index (χ2n) is 4.43. The van der Waals surface area contributed by atoms with Gasteiger partial charge in [-0.05, 0) is 29.8 Å². The van der Waals surface area contributed by atoms with Gasteiger partial charge in [-0.2, -0.15) is 0 Å². The van der Waals surface area contributed by atoms with Crippen molar-refractivity contribution in [1.82, 2.24) is 4.90 Å². The molecule has 0 atom stereocenters. The molecule has 0 aromatic heterocycles. The molecule has 2 rings (SSSR count). The van der Waals surface area contributed by atoms with Crippen LogP contribution in [-0.4, -0.2) is 23.0 Å². The average molecular weight is 277 g/mol. The van der Waals surface area contributed by atoms with E-state index in [4.69, 9.17) is 0 Å². The van der Waals surface area contributed by atoms with Gasteiger partial charge in [0.05, 0.1) is 5.56 Å². The van der Waals surface area contributed by atoms with E-state index in [0.717, 1.165) is 11.6 Å². The molecule has 104 valence electrons. The highest BCUT2D eigenvalue weighted by atomic mass is 19.2. The number of phenols is 1. The minimum absolute atomic E-state index is 0.124. The Morgan fingerprint density at radius 2 is 1.80 bits per heavy atom. The van der Waals surface area contributed by atoms with Gasteiger partial charge in [-0.15, -0.1) is 0 Å². The maximum atomic E-state index is 13.5. The molecule has 20 heavy (non-hydrogen) atoms. The number of halogens is 2. The van der Waals surface area contributed by atoms with Gasteiger partial charge in [-0.3, -0.25) is 4.79 Å². The van der Waals surface area contributed by atoms with Crippen LogP contribution in [0.5, 0.6) is 5.75 Å². The number of hydrogen-bond acceptors (Lipinski definition) is 2. The van der Waals surface area contributed by atoms with E-state index >= 15 is 0 Å². The molecular formula is C15H13F2NO2. The molecule has 0 aliphatic carbocycles. The molecule has 0 bridgehead atoms. The van der Waals surface area contributed by atoms with Crippen molar-refractivity contribution in [3.8, 4) is 5.75 Å². The van der Waals surface area contributed by atoms with Crippen molar-refractivity contribution >= 4 is 5.91 Å². The quantitative estimate of drug-likeness (QED) is 0.937. The average Bonchev–Trinajstić information content (AvgIpc) is 2.43. The van der Waals surface area contributed by atoms with Crippen LogP contribution in [-0.2, 0) is 6.54 Å². The van der Waals surface area contributed by atoms with Gasteiger partial charge < -0.3 is 10.0 Å². The fourth-order valence-electron chi connectivity index (χ4n) is 1.82. The van der Waals surface area contributed by atoms with E-state index in [0.29, 0.717) is 0 Å². The molecule has 0 spiro atoms. The summed E-state index contributed by atoms with van der Waals surface area (Å²) in [5.41, 5.74) is 0.474. The standard InChI is InChI=1S/C15H13F2NO2/c1-18(9-10-5-7-11(19)8-6-10)15(20)12-3-2-4-13(16)14(12)17/h2-8,19H,9H2,1H3. The lowest BCUT2D eigenvalue weighted by Gasteiger charge is -2.17. The largest absolute Gasteiger partial charge is 0.508 e. The van der Waals surface area contributed by atoms with Gasteiger partial charge in [-0.1, -0.05) is 18.2 Å². The first-order valence-electron chi connectivity index (χ1n) is 5.96. The lowest BCUT2D eigenvalue weighted by molar-refractivity contribution is 0.0779. The molecule has 0 aliphatic heterocycles. The summed E-state index contributed by atoms with van der Waals surface area (Å²) in [5.74, 6) is -2.67. The Hall–Kier alpha value is -2.43. The number of hydrogen-bond donors (Lipinski definition) is 1. The van der Waals surface area contributed by atoms with Crippen molar-refractivity contribution in [1.29, 1.82) is 0 Å². The SMILES string of the molecule is CN(Cc1ccc(O)cc1)C(=O)c1cccc(F)c1F. The van der Waals surface area contributed by atoms with Crippen molar-refractivity contribution in [3.05, 3.63) is 65.2 Å². The first kappa shape index (κ1) is 14.0. The summed E-state index contributed by atoms with van der Waals surface area (Å²) in [6.45, 7) is 0.231. The Labute approximate surface area is 115 Å². The molecule has 0 unspecified atom stereocenters. The monoisotopic (exact) mass is 277 g/mol. The van der Waals surface area contributed by atoms with Crippen molar-refractivity contribution in [2.24, 2.45) is 0 Å². The van der Waals surface area contributed by atoms with Gasteiger partial charge in [0, 0.05) is 13.6 Å².